The smallest absolute Gasteiger partial charge is 0.321 e. The van der Waals surface area contributed by atoms with Crippen molar-refractivity contribution in [2.75, 3.05) is 7.05 Å². The van der Waals surface area contributed by atoms with Gasteiger partial charge in [0.1, 0.15) is 6.04 Å². The minimum atomic E-state index is -0.755. The first-order valence-corrected chi connectivity index (χ1v) is 5.90. The molecule has 94 valence electrons. The zero-order valence-electron chi connectivity index (χ0n) is 11.0. The third kappa shape index (κ3) is 3.86. The van der Waals surface area contributed by atoms with E-state index in [2.05, 4.69) is 0 Å². The summed E-state index contributed by atoms with van der Waals surface area (Å²) in [6.07, 6.45) is 0. The van der Waals surface area contributed by atoms with Crippen molar-refractivity contribution in [3.8, 4) is 0 Å². The molecule has 0 heterocycles. The Kier molecular flexibility index (Phi) is 4.70. The number of rotatable bonds is 5. The Morgan fingerprint density at radius 1 is 1.29 bits per heavy atom. The summed E-state index contributed by atoms with van der Waals surface area (Å²) >= 11 is 0. The Morgan fingerprint density at radius 2 is 1.82 bits per heavy atom. The van der Waals surface area contributed by atoms with Crippen LogP contribution in [0.15, 0.2) is 24.3 Å². The molecule has 0 radical (unpaired) electrons. The van der Waals surface area contributed by atoms with Crippen molar-refractivity contribution >= 4 is 5.97 Å². The summed E-state index contributed by atoms with van der Waals surface area (Å²) in [5.74, 6) is -0.655. The normalized spacial score (nSPS) is 13.1. The number of carbonyl (C=O) groups is 1. The van der Waals surface area contributed by atoms with Crippen LogP contribution in [0.3, 0.4) is 0 Å². The van der Waals surface area contributed by atoms with Crippen LogP contribution in [0.2, 0.25) is 0 Å². The van der Waals surface area contributed by atoms with Gasteiger partial charge in [-0.05, 0) is 25.5 Å². The molecule has 1 aromatic rings. The van der Waals surface area contributed by atoms with Crippen LogP contribution in [0.25, 0.3) is 0 Å². The lowest BCUT2D eigenvalue weighted by Crippen LogP contribution is -2.41. The highest BCUT2D eigenvalue weighted by Gasteiger charge is 2.25. The molecule has 1 atom stereocenters. The molecule has 0 spiro atoms. The van der Waals surface area contributed by atoms with Gasteiger partial charge < -0.3 is 5.11 Å². The highest BCUT2D eigenvalue weighted by molar-refractivity contribution is 5.73. The lowest BCUT2D eigenvalue weighted by Gasteiger charge is -2.27. The van der Waals surface area contributed by atoms with Crippen molar-refractivity contribution in [3.63, 3.8) is 0 Å². The number of carboxylic acid groups (broad SMARTS) is 1. The van der Waals surface area contributed by atoms with Gasteiger partial charge in [0.05, 0.1) is 0 Å². The van der Waals surface area contributed by atoms with Gasteiger partial charge in [-0.1, -0.05) is 43.7 Å². The first kappa shape index (κ1) is 13.7. The van der Waals surface area contributed by atoms with Crippen molar-refractivity contribution in [2.24, 2.45) is 5.92 Å². The molecule has 0 bridgehead atoms. The molecule has 0 aliphatic heterocycles. The largest absolute Gasteiger partial charge is 0.480 e. The lowest BCUT2D eigenvalue weighted by molar-refractivity contribution is -0.144. The van der Waals surface area contributed by atoms with Gasteiger partial charge in [-0.25, -0.2) is 0 Å². The topological polar surface area (TPSA) is 40.5 Å². The third-order valence-electron chi connectivity index (χ3n) is 2.91. The Morgan fingerprint density at radius 3 is 2.24 bits per heavy atom. The van der Waals surface area contributed by atoms with E-state index in [1.54, 1.807) is 0 Å². The predicted molar refractivity (Wildman–Crippen MR) is 68.9 cm³/mol. The molecule has 0 aliphatic carbocycles. The minimum absolute atomic E-state index is 0.1000. The second-order valence-electron chi connectivity index (χ2n) is 4.93. The van der Waals surface area contributed by atoms with Crippen LogP contribution in [0.5, 0.6) is 0 Å². The van der Waals surface area contributed by atoms with Crippen LogP contribution in [0.1, 0.15) is 25.0 Å². The summed E-state index contributed by atoms with van der Waals surface area (Å²) in [4.78, 5) is 13.1. The molecule has 1 N–H and O–H groups in total. The molecule has 17 heavy (non-hydrogen) atoms. The van der Waals surface area contributed by atoms with E-state index >= 15 is 0 Å². The van der Waals surface area contributed by atoms with E-state index in [1.807, 2.05) is 57.0 Å². The first-order chi connectivity index (χ1) is 7.91. The molecule has 1 unspecified atom stereocenters. The van der Waals surface area contributed by atoms with Gasteiger partial charge in [0, 0.05) is 6.54 Å². The number of hydrogen-bond acceptors (Lipinski definition) is 2. The van der Waals surface area contributed by atoms with E-state index < -0.39 is 12.0 Å². The number of nitrogens with zero attached hydrogens (tertiary/aromatic N) is 1. The maximum absolute atomic E-state index is 11.2. The molecule has 0 fully saturated rings. The number of likely N-dealkylation sites (N-methyl/N-ethyl adjacent to an activating group) is 1. The number of aliphatic carboxylic acids is 1. The molecule has 3 heteroatoms. The molecule has 0 aliphatic rings. The Bertz CT molecular complexity index is 370. The second-order valence-corrected chi connectivity index (χ2v) is 4.93. The molecule has 3 nitrogen and oxygen atoms in total. The number of aryl methyl sites for hydroxylation is 1. The van der Waals surface area contributed by atoms with E-state index in [4.69, 9.17) is 0 Å². The highest BCUT2D eigenvalue weighted by atomic mass is 16.4. The van der Waals surface area contributed by atoms with Crippen molar-refractivity contribution in [2.45, 2.75) is 33.4 Å². The van der Waals surface area contributed by atoms with Crippen LogP contribution < -0.4 is 0 Å². The van der Waals surface area contributed by atoms with E-state index in [9.17, 15) is 9.90 Å². The summed E-state index contributed by atoms with van der Waals surface area (Å²) < 4.78 is 0. The van der Waals surface area contributed by atoms with Gasteiger partial charge in [0.25, 0.3) is 0 Å². The predicted octanol–water partition coefficient (Wildman–Crippen LogP) is 2.54. The second kappa shape index (κ2) is 5.82. The van der Waals surface area contributed by atoms with E-state index in [0.717, 1.165) is 5.56 Å². The van der Waals surface area contributed by atoms with E-state index in [1.165, 1.54) is 5.56 Å². The molecule has 1 aromatic carbocycles. The average molecular weight is 235 g/mol. The quantitative estimate of drug-likeness (QED) is 0.852. The van der Waals surface area contributed by atoms with E-state index in [-0.39, 0.29) is 5.92 Å². The summed E-state index contributed by atoms with van der Waals surface area (Å²) in [5.41, 5.74) is 2.36. The van der Waals surface area contributed by atoms with Gasteiger partial charge in [0.15, 0.2) is 0 Å². The molecule has 0 saturated heterocycles. The van der Waals surface area contributed by atoms with Gasteiger partial charge in [-0.3, -0.25) is 9.69 Å². The first-order valence-electron chi connectivity index (χ1n) is 5.90. The summed E-state index contributed by atoms with van der Waals surface area (Å²) in [6, 6.07) is 7.76. The Hall–Kier alpha value is -1.35. The van der Waals surface area contributed by atoms with Crippen LogP contribution >= 0.6 is 0 Å². The fourth-order valence-corrected chi connectivity index (χ4v) is 2.06. The molecule has 0 saturated carbocycles. The fourth-order valence-electron chi connectivity index (χ4n) is 2.06. The zero-order chi connectivity index (χ0) is 13.0. The van der Waals surface area contributed by atoms with Crippen molar-refractivity contribution in [3.05, 3.63) is 35.4 Å². The summed E-state index contributed by atoms with van der Waals surface area (Å²) in [5, 5.41) is 9.19. The van der Waals surface area contributed by atoms with Crippen LogP contribution in [-0.4, -0.2) is 29.1 Å². The fraction of sp³-hybridized carbons (Fsp3) is 0.500. The Balaban J connectivity index is 2.73. The standard InChI is InChI=1S/C14H21NO2/c1-10(2)13(14(16)17)15(4)9-12-7-5-11(3)6-8-12/h5-8,10,13H,9H2,1-4H3,(H,16,17). The maximum Gasteiger partial charge on any atom is 0.321 e. The van der Waals surface area contributed by atoms with Gasteiger partial charge in [-0.15, -0.1) is 0 Å². The van der Waals surface area contributed by atoms with Crippen LogP contribution in [0, 0.1) is 12.8 Å². The molecular formula is C14H21NO2. The summed E-state index contributed by atoms with van der Waals surface area (Å²) in [6.45, 7) is 6.58. The number of hydrogen-bond donors (Lipinski definition) is 1. The highest BCUT2D eigenvalue weighted by Crippen LogP contribution is 2.13. The number of carboxylic acids is 1. The lowest BCUT2D eigenvalue weighted by atomic mass is 10.0. The maximum atomic E-state index is 11.2. The van der Waals surface area contributed by atoms with E-state index in [0.29, 0.717) is 6.54 Å². The van der Waals surface area contributed by atoms with Crippen molar-refractivity contribution < 1.29 is 9.90 Å². The minimum Gasteiger partial charge on any atom is -0.480 e. The molecule has 0 aromatic heterocycles. The SMILES string of the molecule is Cc1ccc(CN(C)C(C(=O)O)C(C)C)cc1. The average Bonchev–Trinajstić information content (AvgIpc) is 2.20. The molecule has 0 amide bonds. The molecular weight excluding hydrogens is 214 g/mol. The Labute approximate surface area is 103 Å². The molecule has 1 rings (SSSR count). The van der Waals surface area contributed by atoms with Gasteiger partial charge in [-0.2, -0.15) is 0 Å². The van der Waals surface area contributed by atoms with Crippen molar-refractivity contribution in [1.82, 2.24) is 4.90 Å². The number of benzene rings is 1. The monoisotopic (exact) mass is 235 g/mol. The van der Waals surface area contributed by atoms with Gasteiger partial charge in [0.2, 0.25) is 0 Å². The third-order valence-corrected chi connectivity index (χ3v) is 2.91. The van der Waals surface area contributed by atoms with Crippen LogP contribution in [-0.2, 0) is 11.3 Å². The van der Waals surface area contributed by atoms with Crippen LogP contribution in [0.4, 0.5) is 0 Å². The summed E-state index contributed by atoms with van der Waals surface area (Å²) in [7, 11) is 1.86. The van der Waals surface area contributed by atoms with Gasteiger partial charge >= 0.3 is 5.97 Å². The zero-order valence-corrected chi connectivity index (χ0v) is 11.0. The van der Waals surface area contributed by atoms with Crippen molar-refractivity contribution in [1.29, 1.82) is 0 Å².